The summed E-state index contributed by atoms with van der Waals surface area (Å²) in [5.74, 6) is -0.00644. The van der Waals surface area contributed by atoms with Crippen LogP contribution in [0.15, 0.2) is 42.5 Å². The molecule has 1 amide bonds. The minimum Gasteiger partial charge on any atom is -0.508 e. The Morgan fingerprint density at radius 2 is 1.95 bits per heavy atom. The second-order valence-corrected chi connectivity index (χ2v) is 4.89. The molecule has 0 unspecified atom stereocenters. The molecule has 0 aliphatic heterocycles. The van der Waals surface area contributed by atoms with Crippen LogP contribution in [0.1, 0.15) is 28.4 Å². The maximum Gasteiger partial charge on any atom is 0.255 e. The van der Waals surface area contributed by atoms with E-state index in [0.717, 1.165) is 23.4 Å². The van der Waals surface area contributed by atoms with Crippen LogP contribution in [0, 0.1) is 6.92 Å². The first-order valence-corrected chi connectivity index (χ1v) is 7.01. The fourth-order valence-corrected chi connectivity index (χ4v) is 2.15. The maximum atomic E-state index is 12.4. The lowest BCUT2D eigenvalue weighted by atomic mass is 10.1. The fourth-order valence-electron chi connectivity index (χ4n) is 2.15. The molecular formula is C17H20N2O2. The lowest BCUT2D eigenvalue weighted by molar-refractivity contribution is 0.102. The number of amides is 1. The Morgan fingerprint density at radius 1 is 1.19 bits per heavy atom. The van der Waals surface area contributed by atoms with Gasteiger partial charge in [0.15, 0.2) is 0 Å². The molecular weight excluding hydrogens is 264 g/mol. The smallest absolute Gasteiger partial charge is 0.255 e. The van der Waals surface area contributed by atoms with Crippen molar-refractivity contribution in [1.82, 2.24) is 5.32 Å². The van der Waals surface area contributed by atoms with E-state index in [-0.39, 0.29) is 11.7 Å². The van der Waals surface area contributed by atoms with E-state index in [1.165, 1.54) is 6.07 Å². The molecule has 2 aromatic rings. The zero-order valence-corrected chi connectivity index (χ0v) is 12.3. The Labute approximate surface area is 124 Å². The summed E-state index contributed by atoms with van der Waals surface area (Å²) in [6.07, 6.45) is 0. The van der Waals surface area contributed by atoms with E-state index in [1.54, 1.807) is 19.1 Å². The fraction of sp³-hybridized carbons (Fsp3) is 0.235. The van der Waals surface area contributed by atoms with Gasteiger partial charge in [-0.15, -0.1) is 0 Å². The summed E-state index contributed by atoms with van der Waals surface area (Å²) in [7, 11) is 0. The molecule has 2 aromatic carbocycles. The number of phenolic OH excluding ortho intramolecular Hbond substituents is 1. The summed E-state index contributed by atoms with van der Waals surface area (Å²) in [4.78, 5) is 12.4. The number of phenols is 1. The molecule has 0 fully saturated rings. The summed E-state index contributed by atoms with van der Waals surface area (Å²) in [6.45, 7) is 5.43. The number of carbonyl (C=O) groups is 1. The van der Waals surface area contributed by atoms with Crippen molar-refractivity contribution in [2.45, 2.75) is 20.4 Å². The zero-order valence-electron chi connectivity index (χ0n) is 12.3. The third-order valence-electron chi connectivity index (χ3n) is 3.29. The third kappa shape index (κ3) is 3.83. The van der Waals surface area contributed by atoms with Crippen LogP contribution >= 0.6 is 0 Å². The van der Waals surface area contributed by atoms with Gasteiger partial charge in [-0.1, -0.05) is 25.1 Å². The Morgan fingerprint density at radius 3 is 2.67 bits per heavy atom. The van der Waals surface area contributed by atoms with Crippen LogP contribution in [-0.2, 0) is 6.54 Å². The highest BCUT2D eigenvalue weighted by atomic mass is 16.3. The molecule has 0 heterocycles. The minimum atomic E-state index is -0.170. The maximum absolute atomic E-state index is 12.4. The van der Waals surface area contributed by atoms with E-state index < -0.39 is 0 Å². The van der Waals surface area contributed by atoms with Gasteiger partial charge in [0.25, 0.3) is 5.91 Å². The van der Waals surface area contributed by atoms with Crippen molar-refractivity contribution >= 4 is 11.6 Å². The molecule has 0 saturated heterocycles. The van der Waals surface area contributed by atoms with Crippen molar-refractivity contribution in [1.29, 1.82) is 0 Å². The van der Waals surface area contributed by atoms with Gasteiger partial charge in [-0.25, -0.2) is 0 Å². The Balaban J connectivity index is 2.19. The lowest BCUT2D eigenvalue weighted by Gasteiger charge is -2.12. The van der Waals surface area contributed by atoms with Gasteiger partial charge in [0.05, 0.1) is 0 Å². The summed E-state index contributed by atoms with van der Waals surface area (Å²) >= 11 is 0. The van der Waals surface area contributed by atoms with Gasteiger partial charge < -0.3 is 15.7 Å². The highest BCUT2D eigenvalue weighted by Gasteiger charge is 2.11. The highest BCUT2D eigenvalue weighted by Crippen LogP contribution is 2.19. The predicted octanol–water partition coefficient (Wildman–Crippen LogP) is 3.06. The topological polar surface area (TPSA) is 61.4 Å². The largest absolute Gasteiger partial charge is 0.508 e. The minimum absolute atomic E-state index is 0.164. The number of hydrogen-bond donors (Lipinski definition) is 3. The standard InChI is InChI=1S/C17H20N2O2/c1-3-18-11-13-6-4-5-7-16(13)19-17(21)15-9-8-14(20)10-12(15)2/h4-10,18,20H,3,11H2,1-2H3,(H,19,21). The van der Waals surface area contributed by atoms with Gasteiger partial charge >= 0.3 is 0 Å². The predicted molar refractivity (Wildman–Crippen MR) is 84.6 cm³/mol. The number of aromatic hydroxyl groups is 1. The van der Waals surface area contributed by atoms with E-state index in [9.17, 15) is 9.90 Å². The number of rotatable bonds is 5. The summed E-state index contributed by atoms with van der Waals surface area (Å²) < 4.78 is 0. The van der Waals surface area contributed by atoms with Gasteiger partial charge in [-0.05, 0) is 48.9 Å². The molecule has 0 saturated carbocycles. The van der Waals surface area contributed by atoms with E-state index in [2.05, 4.69) is 10.6 Å². The number of aryl methyl sites for hydroxylation is 1. The molecule has 4 heteroatoms. The molecule has 2 rings (SSSR count). The number of para-hydroxylation sites is 1. The zero-order chi connectivity index (χ0) is 15.2. The first-order chi connectivity index (χ1) is 10.1. The quantitative estimate of drug-likeness (QED) is 0.790. The number of benzene rings is 2. The molecule has 0 spiro atoms. The first-order valence-electron chi connectivity index (χ1n) is 7.01. The molecule has 4 nitrogen and oxygen atoms in total. The average Bonchev–Trinajstić information content (AvgIpc) is 2.46. The van der Waals surface area contributed by atoms with Crippen LogP contribution in [0.3, 0.4) is 0 Å². The summed E-state index contributed by atoms with van der Waals surface area (Å²) in [5, 5.41) is 15.6. The number of nitrogens with one attached hydrogen (secondary N) is 2. The number of anilines is 1. The van der Waals surface area contributed by atoms with E-state index >= 15 is 0 Å². The van der Waals surface area contributed by atoms with Gasteiger partial charge in [-0.3, -0.25) is 4.79 Å². The van der Waals surface area contributed by atoms with Crippen LogP contribution in [0.4, 0.5) is 5.69 Å². The highest BCUT2D eigenvalue weighted by molar-refractivity contribution is 6.05. The van der Waals surface area contributed by atoms with Crippen LogP contribution in [-0.4, -0.2) is 17.6 Å². The van der Waals surface area contributed by atoms with Crippen LogP contribution in [0.25, 0.3) is 0 Å². The van der Waals surface area contributed by atoms with Crippen molar-refractivity contribution in [3.05, 3.63) is 59.2 Å². The van der Waals surface area contributed by atoms with Gasteiger partial charge in [-0.2, -0.15) is 0 Å². The van der Waals surface area contributed by atoms with Crippen molar-refractivity contribution in [3.63, 3.8) is 0 Å². The molecule has 0 radical (unpaired) electrons. The third-order valence-corrected chi connectivity index (χ3v) is 3.29. The monoisotopic (exact) mass is 284 g/mol. The molecule has 0 atom stereocenters. The van der Waals surface area contributed by atoms with E-state index in [1.807, 2.05) is 31.2 Å². The Kier molecular flexibility index (Phi) is 4.95. The van der Waals surface area contributed by atoms with Gasteiger partial charge in [0.1, 0.15) is 5.75 Å². The SMILES string of the molecule is CCNCc1ccccc1NC(=O)c1ccc(O)cc1C. The Hall–Kier alpha value is -2.33. The van der Waals surface area contributed by atoms with E-state index in [0.29, 0.717) is 12.1 Å². The normalized spacial score (nSPS) is 10.4. The van der Waals surface area contributed by atoms with Crippen molar-refractivity contribution in [2.24, 2.45) is 0 Å². The molecule has 0 bridgehead atoms. The molecule has 110 valence electrons. The number of carbonyl (C=O) groups excluding carboxylic acids is 1. The van der Waals surface area contributed by atoms with Gasteiger partial charge in [0, 0.05) is 17.8 Å². The molecule has 0 aliphatic carbocycles. The average molecular weight is 284 g/mol. The molecule has 0 aromatic heterocycles. The van der Waals surface area contributed by atoms with Crippen molar-refractivity contribution in [2.75, 3.05) is 11.9 Å². The molecule has 0 aliphatic rings. The van der Waals surface area contributed by atoms with Crippen LogP contribution in [0.5, 0.6) is 5.75 Å². The van der Waals surface area contributed by atoms with Crippen molar-refractivity contribution < 1.29 is 9.90 Å². The summed E-state index contributed by atoms with van der Waals surface area (Å²) in [6, 6.07) is 12.5. The molecule has 21 heavy (non-hydrogen) atoms. The second kappa shape index (κ2) is 6.90. The second-order valence-electron chi connectivity index (χ2n) is 4.89. The van der Waals surface area contributed by atoms with E-state index in [4.69, 9.17) is 0 Å². The lowest BCUT2D eigenvalue weighted by Crippen LogP contribution is -2.17. The van der Waals surface area contributed by atoms with Crippen molar-refractivity contribution in [3.8, 4) is 5.75 Å². The van der Waals surface area contributed by atoms with Crippen LogP contribution < -0.4 is 10.6 Å². The van der Waals surface area contributed by atoms with Crippen LogP contribution in [0.2, 0.25) is 0 Å². The Bertz CT molecular complexity index is 638. The summed E-state index contributed by atoms with van der Waals surface area (Å²) in [5.41, 5.74) is 3.16. The first kappa shape index (κ1) is 15.1. The number of hydrogen-bond acceptors (Lipinski definition) is 3. The molecule has 3 N–H and O–H groups in total. The van der Waals surface area contributed by atoms with Gasteiger partial charge in [0.2, 0.25) is 0 Å².